The summed E-state index contributed by atoms with van der Waals surface area (Å²) in [6, 6.07) is 8.20. The van der Waals surface area contributed by atoms with Gasteiger partial charge in [-0.15, -0.1) is 24.0 Å². The maximum atomic E-state index is 11.5. The number of halogens is 1. The van der Waals surface area contributed by atoms with Crippen molar-refractivity contribution in [1.29, 1.82) is 0 Å². The van der Waals surface area contributed by atoms with Crippen LogP contribution in [0.2, 0.25) is 0 Å². The smallest absolute Gasteiger partial charge is 0.219 e. The van der Waals surface area contributed by atoms with Crippen LogP contribution < -0.4 is 10.1 Å². The first kappa shape index (κ1) is 24.5. The summed E-state index contributed by atoms with van der Waals surface area (Å²) in [5.41, 5.74) is 1.26. The van der Waals surface area contributed by atoms with Crippen LogP contribution in [0.3, 0.4) is 0 Å². The quantitative estimate of drug-likeness (QED) is 0.291. The molecule has 158 valence electrons. The number of guanidine groups is 1. The Bertz CT molecular complexity index is 650. The average Bonchev–Trinajstić information content (AvgIpc) is 2.64. The summed E-state index contributed by atoms with van der Waals surface area (Å²) in [5, 5.41) is 3.35. The maximum absolute atomic E-state index is 11.5. The van der Waals surface area contributed by atoms with Gasteiger partial charge in [0.1, 0.15) is 12.4 Å². The molecule has 0 spiro atoms. The number of nitrogens with zero attached hydrogens (tertiary/aromatic N) is 3. The van der Waals surface area contributed by atoms with Crippen LogP contribution in [-0.4, -0.2) is 67.5 Å². The van der Waals surface area contributed by atoms with Crippen LogP contribution in [0.1, 0.15) is 40.2 Å². The Labute approximate surface area is 186 Å². The van der Waals surface area contributed by atoms with E-state index in [2.05, 4.69) is 50.0 Å². The van der Waals surface area contributed by atoms with E-state index in [0.717, 1.165) is 44.4 Å². The molecular weight excluding hydrogens is 467 g/mol. The number of amides is 1. The van der Waals surface area contributed by atoms with E-state index in [4.69, 9.17) is 9.73 Å². The number of carbonyl (C=O) groups is 1. The molecule has 1 fully saturated rings. The number of aliphatic imine (C=N–C) groups is 1. The largest absolute Gasteiger partial charge is 0.491 e. The summed E-state index contributed by atoms with van der Waals surface area (Å²) >= 11 is 0. The predicted octanol–water partition coefficient (Wildman–Crippen LogP) is 3.11. The predicted molar refractivity (Wildman–Crippen MR) is 126 cm³/mol. The van der Waals surface area contributed by atoms with Gasteiger partial charge in [-0.3, -0.25) is 4.79 Å². The number of piperazine rings is 1. The molecule has 6 nitrogen and oxygen atoms in total. The van der Waals surface area contributed by atoms with Crippen molar-refractivity contribution in [2.24, 2.45) is 4.99 Å². The Morgan fingerprint density at radius 2 is 1.75 bits per heavy atom. The highest BCUT2D eigenvalue weighted by Gasteiger charge is 2.21. The second kappa shape index (κ2) is 11.5. The number of nitrogens with one attached hydrogen (secondary N) is 1. The number of carbonyl (C=O) groups excluding carboxylic acids is 1. The van der Waals surface area contributed by atoms with Gasteiger partial charge in [0.2, 0.25) is 5.91 Å². The molecule has 0 radical (unpaired) electrons. The van der Waals surface area contributed by atoms with Gasteiger partial charge in [-0.25, -0.2) is 4.99 Å². The maximum Gasteiger partial charge on any atom is 0.219 e. The van der Waals surface area contributed by atoms with Gasteiger partial charge in [0.05, 0.1) is 6.54 Å². The van der Waals surface area contributed by atoms with E-state index in [-0.39, 0.29) is 35.3 Å². The molecule has 1 aromatic carbocycles. The number of ether oxygens (including phenoxy) is 1. The summed E-state index contributed by atoms with van der Waals surface area (Å²) in [5.74, 6) is 1.97. The van der Waals surface area contributed by atoms with E-state index in [9.17, 15) is 4.79 Å². The fourth-order valence-corrected chi connectivity index (χ4v) is 3.18. The highest BCUT2D eigenvalue weighted by atomic mass is 127. The first-order chi connectivity index (χ1) is 12.8. The van der Waals surface area contributed by atoms with Crippen molar-refractivity contribution >= 4 is 35.8 Å². The number of para-hydroxylation sites is 1. The van der Waals surface area contributed by atoms with Crippen LogP contribution in [0.4, 0.5) is 0 Å². The van der Waals surface area contributed by atoms with Crippen LogP contribution in [0, 0.1) is 0 Å². The van der Waals surface area contributed by atoms with Crippen molar-refractivity contribution in [1.82, 2.24) is 15.1 Å². The zero-order valence-electron chi connectivity index (χ0n) is 17.8. The van der Waals surface area contributed by atoms with E-state index in [1.807, 2.05) is 17.0 Å². The lowest BCUT2D eigenvalue weighted by atomic mass is 9.86. The number of rotatable bonds is 5. The van der Waals surface area contributed by atoms with E-state index in [0.29, 0.717) is 13.2 Å². The Morgan fingerprint density at radius 3 is 2.32 bits per heavy atom. The highest BCUT2D eigenvalue weighted by Crippen LogP contribution is 2.30. The molecule has 1 aliphatic heterocycles. The Kier molecular flexibility index (Phi) is 10.1. The second-order valence-electron chi connectivity index (χ2n) is 7.82. The number of hydrogen-bond donors (Lipinski definition) is 1. The molecule has 7 heteroatoms. The monoisotopic (exact) mass is 502 g/mol. The van der Waals surface area contributed by atoms with E-state index < -0.39 is 0 Å². The SMILES string of the molecule is CCNC(=NCCOc1ccccc1C(C)(C)C)N1CCN(C(C)=O)CC1.I. The van der Waals surface area contributed by atoms with Crippen LogP contribution >= 0.6 is 24.0 Å². The van der Waals surface area contributed by atoms with Gasteiger partial charge in [0.15, 0.2) is 5.96 Å². The Hall–Kier alpha value is -1.51. The van der Waals surface area contributed by atoms with Crippen molar-refractivity contribution in [2.45, 2.75) is 40.0 Å². The number of benzene rings is 1. The molecule has 1 heterocycles. The lowest BCUT2D eigenvalue weighted by molar-refractivity contribution is -0.130. The zero-order chi connectivity index (χ0) is 19.9. The molecule has 1 aliphatic rings. The number of hydrogen-bond acceptors (Lipinski definition) is 3. The molecule has 0 aromatic heterocycles. The zero-order valence-corrected chi connectivity index (χ0v) is 20.2. The van der Waals surface area contributed by atoms with Crippen molar-refractivity contribution in [3.63, 3.8) is 0 Å². The lowest BCUT2D eigenvalue weighted by Gasteiger charge is -2.36. The summed E-state index contributed by atoms with van der Waals surface area (Å²) < 4.78 is 6.02. The molecule has 0 saturated carbocycles. The summed E-state index contributed by atoms with van der Waals surface area (Å²) in [6.45, 7) is 15.3. The van der Waals surface area contributed by atoms with Crippen LogP contribution in [0.25, 0.3) is 0 Å². The van der Waals surface area contributed by atoms with E-state index in [1.165, 1.54) is 5.56 Å². The topological polar surface area (TPSA) is 57.2 Å². The van der Waals surface area contributed by atoms with Crippen LogP contribution in [0.5, 0.6) is 5.75 Å². The molecule has 0 atom stereocenters. The second-order valence-corrected chi connectivity index (χ2v) is 7.82. The van der Waals surface area contributed by atoms with Gasteiger partial charge in [-0.05, 0) is 24.0 Å². The minimum absolute atomic E-state index is 0. The third-order valence-corrected chi connectivity index (χ3v) is 4.66. The van der Waals surface area contributed by atoms with Gasteiger partial charge in [-0.1, -0.05) is 39.0 Å². The molecule has 0 unspecified atom stereocenters. The fourth-order valence-electron chi connectivity index (χ4n) is 3.18. The molecule has 28 heavy (non-hydrogen) atoms. The molecular formula is C21H35IN4O2. The van der Waals surface area contributed by atoms with Crippen molar-refractivity contribution < 1.29 is 9.53 Å². The molecule has 1 amide bonds. The molecule has 1 N–H and O–H groups in total. The normalized spacial score (nSPS) is 15.1. The molecule has 2 rings (SSSR count). The third-order valence-electron chi connectivity index (χ3n) is 4.66. The lowest BCUT2D eigenvalue weighted by Crippen LogP contribution is -2.53. The average molecular weight is 502 g/mol. The van der Waals surface area contributed by atoms with Gasteiger partial charge in [0.25, 0.3) is 0 Å². The summed E-state index contributed by atoms with van der Waals surface area (Å²) in [4.78, 5) is 20.3. The molecule has 0 bridgehead atoms. The van der Waals surface area contributed by atoms with Gasteiger partial charge in [-0.2, -0.15) is 0 Å². The standard InChI is InChI=1S/C21H34N4O2.HI/c1-6-22-20(25-14-12-24(13-15-25)17(2)26)23-11-16-27-19-10-8-7-9-18(19)21(3,4)5;/h7-10H,6,11-16H2,1-5H3,(H,22,23);1H. The summed E-state index contributed by atoms with van der Waals surface area (Å²) in [6.07, 6.45) is 0. The molecule has 1 saturated heterocycles. The molecule has 0 aliphatic carbocycles. The van der Waals surface area contributed by atoms with Gasteiger partial charge < -0.3 is 19.9 Å². The Morgan fingerprint density at radius 1 is 1.14 bits per heavy atom. The van der Waals surface area contributed by atoms with Gasteiger partial charge >= 0.3 is 0 Å². The molecule has 1 aromatic rings. The first-order valence-electron chi connectivity index (χ1n) is 9.84. The fraction of sp³-hybridized carbons (Fsp3) is 0.619. The van der Waals surface area contributed by atoms with E-state index >= 15 is 0 Å². The minimum Gasteiger partial charge on any atom is -0.491 e. The van der Waals surface area contributed by atoms with Crippen LogP contribution in [-0.2, 0) is 10.2 Å². The highest BCUT2D eigenvalue weighted by molar-refractivity contribution is 14.0. The third kappa shape index (κ3) is 7.14. The van der Waals surface area contributed by atoms with Gasteiger partial charge in [0, 0.05) is 39.6 Å². The summed E-state index contributed by atoms with van der Waals surface area (Å²) in [7, 11) is 0. The van der Waals surface area contributed by atoms with Crippen molar-refractivity contribution in [3.05, 3.63) is 29.8 Å². The van der Waals surface area contributed by atoms with Crippen molar-refractivity contribution in [3.8, 4) is 5.75 Å². The van der Waals surface area contributed by atoms with Crippen molar-refractivity contribution in [2.75, 3.05) is 45.9 Å². The minimum atomic E-state index is 0. The Balaban J connectivity index is 0.00000392. The van der Waals surface area contributed by atoms with E-state index in [1.54, 1.807) is 6.92 Å². The first-order valence-corrected chi connectivity index (χ1v) is 9.84. The van der Waals surface area contributed by atoms with Crippen LogP contribution in [0.15, 0.2) is 29.3 Å².